The third-order valence-corrected chi connectivity index (χ3v) is 5.81. The Morgan fingerprint density at radius 2 is 2.11 bits per heavy atom. The highest BCUT2D eigenvalue weighted by atomic mass is 32.2. The van der Waals surface area contributed by atoms with Crippen molar-refractivity contribution in [2.75, 3.05) is 7.11 Å². The van der Waals surface area contributed by atoms with Gasteiger partial charge in [0.2, 0.25) is 0 Å². The van der Waals surface area contributed by atoms with Crippen LogP contribution in [0.4, 0.5) is 0 Å². The normalized spacial score (nSPS) is 11.0. The number of hydrogen-bond acceptors (Lipinski definition) is 8. The predicted molar refractivity (Wildman–Crippen MR) is 104 cm³/mol. The van der Waals surface area contributed by atoms with Gasteiger partial charge < -0.3 is 13.8 Å². The highest BCUT2D eigenvalue weighted by molar-refractivity contribution is 7.98. The Kier molecular flexibility index (Phi) is 5.50. The van der Waals surface area contributed by atoms with Crippen molar-refractivity contribution in [3.8, 4) is 17.2 Å². The van der Waals surface area contributed by atoms with Gasteiger partial charge in [-0.1, -0.05) is 23.0 Å². The van der Waals surface area contributed by atoms with E-state index in [0.717, 1.165) is 29.4 Å². The molecule has 0 saturated heterocycles. The first kappa shape index (κ1) is 17.7. The van der Waals surface area contributed by atoms with Crippen LogP contribution in [-0.2, 0) is 18.7 Å². The van der Waals surface area contributed by atoms with Gasteiger partial charge >= 0.3 is 0 Å². The van der Waals surface area contributed by atoms with E-state index in [-0.39, 0.29) is 0 Å². The van der Waals surface area contributed by atoms with Crippen molar-refractivity contribution in [3.05, 3.63) is 58.8 Å². The lowest BCUT2D eigenvalue weighted by Crippen LogP contribution is -2.01. The number of nitrogens with zero attached hydrogens (tertiary/aromatic N) is 5. The van der Waals surface area contributed by atoms with Gasteiger partial charge in [-0.3, -0.25) is 0 Å². The van der Waals surface area contributed by atoms with Crippen molar-refractivity contribution in [1.29, 1.82) is 0 Å². The minimum Gasteiger partial charge on any atom is -0.497 e. The van der Waals surface area contributed by atoms with E-state index in [2.05, 4.69) is 42.4 Å². The van der Waals surface area contributed by atoms with Crippen LogP contribution in [-0.4, -0.2) is 32.0 Å². The Bertz CT molecular complexity index is 980. The highest BCUT2D eigenvalue weighted by Gasteiger charge is 2.12. The number of methoxy groups -OCH3 is 1. The average Bonchev–Trinajstić information content (AvgIpc) is 3.46. The van der Waals surface area contributed by atoms with E-state index in [4.69, 9.17) is 9.26 Å². The highest BCUT2D eigenvalue weighted by Crippen LogP contribution is 2.24. The fraction of sp³-hybridized carbons (Fsp3) is 0.222. The van der Waals surface area contributed by atoms with Crippen LogP contribution in [0, 0.1) is 0 Å². The summed E-state index contributed by atoms with van der Waals surface area (Å²) in [5, 5.41) is 15.2. The maximum atomic E-state index is 5.36. The van der Waals surface area contributed by atoms with Crippen LogP contribution in [0.3, 0.4) is 0 Å². The van der Waals surface area contributed by atoms with Gasteiger partial charge in [0, 0.05) is 17.0 Å². The minimum atomic E-state index is 0.493. The zero-order valence-corrected chi connectivity index (χ0v) is 16.2. The number of aryl methyl sites for hydroxylation is 2. The van der Waals surface area contributed by atoms with Crippen molar-refractivity contribution in [2.24, 2.45) is 0 Å². The predicted octanol–water partition coefficient (Wildman–Crippen LogP) is 3.93. The molecule has 0 atom stereocenters. The lowest BCUT2D eigenvalue weighted by molar-refractivity contribution is 0.414. The van der Waals surface area contributed by atoms with E-state index in [1.807, 2.05) is 24.3 Å². The molecule has 7 nitrogen and oxygen atoms in total. The second-order valence-electron chi connectivity index (χ2n) is 5.67. The van der Waals surface area contributed by atoms with Gasteiger partial charge in [0.25, 0.3) is 5.89 Å². The van der Waals surface area contributed by atoms with E-state index < -0.39 is 0 Å². The number of aromatic nitrogens is 5. The Morgan fingerprint density at radius 1 is 1.22 bits per heavy atom. The van der Waals surface area contributed by atoms with E-state index >= 15 is 0 Å². The van der Waals surface area contributed by atoms with Crippen LogP contribution in [0.15, 0.2) is 57.8 Å². The maximum absolute atomic E-state index is 5.36. The summed E-state index contributed by atoms with van der Waals surface area (Å²) < 4.78 is 12.6. The summed E-state index contributed by atoms with van der Waals surface area (Å²) >= 11 is 3.31. The van der Waals surface area contributed by atoms with Crippen molar-refractivity contribution in [2.45, 2.75) is 23.9 Å². The van der Waals surface area contributed by atoms with Gasteiger partial charge in [-0.25, -0.2) is 0 Å². The van der Waals surface area contributed by atoms with Crippen LogP contribution in [0.25, 0.3) is 11.5 Å². The number of thiophene rings is 1. The molecule has 0 bridgehead atoms. The van der Waals surface area contributed by atoms with Gasteiger partial charge in [-0.05, 0) is 42.1 Å². The number of hydrogen-bond donors (Lipinski definition) is 0. The maximum Gasteiger partial charge on any atom is 0.257 e. The Balaban J connectivity index is 1.37. The first-order chi connectivity index (χ1) is 13.3. The lowest BCUT2D eigenvalue weighted by Gasteiger charge is -2.04. The monoisotopic (exact) mass is 399 g/mol. The third-order valence-electron chi connectivity index (χ3n) is 3.89. The summed E-state index contributed by atoms with van der Waals surface area (Å²) in [6, 6.07) is 11.7. The molecule has 138 valence electrons. The molecule has 0 amide bonds. The third kappa shape index (κ3) is 4.37. The summed E-state index contributed by atoms with van der Waals surface area (Å²) in [7, 11) is 1.64. The second kappa shape index (κ2) is 8.36. The van der Waals surface area contributed by atoms with Crippen LogP contribution in [0.2, 0.25) is 0 Å². The zero-order chi connectivity index (χ0) is 18.5. The first-order valence-corrected chi connectivity index (χ1v) is 10.2. The molecule has 0 fully saturated rings. The smallest absolute Gasteiger partial charge is 0.257 e. The molecular weight excluding hydrogens is 382 g/mol. The summed E-state index contributed by atoms with van der Waals surface area (Å²) in [6.07, 6.45) is 2.72. The minimum absolute atomic E-state index is 0.493. The molecule has 0 spiro atoms. The van der Waals surface area contributed by atoms with Gasteiger partial charge in [-0.15, -0.1) is 21.5 Å². The molecule has 0 unspecified atom stereocenters. The SMILES string of the molecule is COc1ccc(-c2nc(CSc3nncn3CCc3cccs3)no2)cc1. The quantitative estimate of drug-likeness (QED) is 0.415. The van der Waals surface area contributed by atoms with Gasteiger partial charge in [0.15, 0.2) is 11.0 Å². The molecule has 0 aliphatic carbocycles. The molecule has 9 heteroatoms. The van der Waals surface area contributed by atoms with E-state index in [9.17, 15) is 0 Å². The summed E-state index contributed by atoms with van der Waals surface area (Å²) in [4.78, 5) is 5.81. The molecule has 0 saturated carbocycles. The van der Waals surface area contributed by atoms with Gasteiger partial charge in [-0.2, -0.15) is 4.98 Å². The van der Waals surface area contributed by atoms with Crippen LogP contribution >= 0.6 is 23.1 Å². The zero-order valence-electron chi connectivity index (χ0n) is 14.6. The van der Waals surface area contributed by atoms with E-state index in [1.165, 1.54) is 4.88 Å². The molecule has 4 aromatic rings. The number of benzene rings is 1. The number of rotatable bonds is 8. The van der Waals surface area contributed by atoms with Crippen LogP contribution < -0.4 is 4.74 Å². The van der Waals surface area contributed by atoms with Crippen molar-refractivity contribution >= 4 is 23.1 Å². The molecule has 27 heavy (non-hydrogen) atoms. The summed E-state index contributed by atoms with van der Waals surface area (Å²) in [5.74, 6) is 2.47. The van der Waals surface area contributed by atoms with Crippen molar-refractivity contribution < 1.29 is 9.26 Å². The number of ether oxygens (including phenoxy) is 1. The summed E-state index contributed by atoms with van der Waals surface area (Å²) in [6.45, 7) is 0.846. The standard InChI is InChI=1S/C18H17N5O2S2/c1-24-14-6-4-13(5-7-14)17-20-16(22-25-17)11-27-18-21-19-12-23(18)9-8-15-3-2-10-26-15/h2-7,10,12H,8-9,11H2,1H3. The van der Waals surface area contributed by atoms with E-state index in [0.29, 0.717) is 17.5 Å². The molecular formula is C18H17N5O2S2. The molecule has 4 rings (SSSR count). The second-order valence-corrected chi connectivity index (χ2v) is 7.64. The van der Waals surface area contributed by atoms with Crippen LogP contribution in [0.5, 0.6) is 5.75 Å². The average molecular weight is 400 g/mol. The number of thioether (sulfide) groups is 1. The van der Waals surface area contributed by atoms with Crippen molar-refractivity contribution in [3.63, 3.8) is 0 Å². The van der Waals surface area contributed by atoms with Gasteiger partial charge in [0.1, 0.15) is 12.1 Å². The summed E-state index contributed by atoms with van der Waals surface area (Å²) in [5.41, 5.74) is 0.860. The molecule has 0 radical (unpaired) electrons. The first-order valence-electron chi connectivity index (χ1n) is 8.32. The Hall–Kier alpha value is -2.65. The van der Waals surface area contributed by atoms with Gasteiger partial charge in [0.05, 0.1) is 12.9 Å². The Morgan fingerprint density at radius 3 is 2.89 bits per heavy atom. The molecule has 0 aliphatic rings. The lowest BCUT2D eigenvalue weighted by atomic mass is 10.2. The molecule has 3 aromatic heterocycles. The molecule has 0 aliphatic heterocycles. The molecule has 3 heterocycles. The molecule has 1 aromatic carbocycles. The van der Waals surface area contributed by atoms with Crippen molar-refractivity contribution in [1.82, 2.24) is 24.9 Å². The fourth-order valence-corrected chi connectivity index (χ4v) is 3.97. The fourth-order valence-electron chi connectivity index (χ4n) is 2.49. The molecule has 0 N–H and O–H groups in total. The topological polar surface area (TPSA) is 78.9 Å². The Labute approximate surface area is 164 Å². The van der Waals surface area contributed by atoms with Crippen LogP contribution in [0.1, 0.15) is 10.7 Å². The van der Waals surface area contributed by atoms with E-state index in [1.54, 1.807) is 36.5 Å². The largest absolute Gasteiger partial charge is 0.497 e.